The molecule has 0 heterocycles. The zero-order chi connectivity index (χ0) is 20.1. The van der Waals surface area contributed by atoms with Crippen LogP contribution in [-0.4, -0.2) is 47.0 Å². The summed E-state index contributed by atoms with van der Waals surface area (Å²) in [5, 5.41) is 0. The van der Waals surface area contributed by atoms with Gasteiger partial charge in [-0.05, 0) is 30.0 Å². The number of ether oxygens (including phenoxy) is 1. The van der Waals surface area contributed by atoms with Crippen molar-refractivity contribution in [2.75, 3.05) is 6.61 Å². The van der Waals surface area contributed by atoms with E-state index >= 15 is 0 Å². The molecule has 0 aromatic rings. The molecular formula is C19H44O2Si4. The van der Waals surface area contributed by atoms with Crippen LogP contribution in [0.4, 0.5) is 0 Å². The molecule has 0 spiro atoms. The Morgan fingerprint density at radius 2 is 1.24 bits per heavy atom. The van der Waals surface area contributed by atoms with Crippen molar-refractivity contribution in [3.05, 3.63) is 12.2 Å². The Kier molecular flexibility index (Phi) is 9.36. The molecule has 0 aromatic heterocycles. The molecule has 0 amide bonds. The Morgan fingerprint density at radius 3 is 1.52 bits per heavy atom. The van der Waals surface area contributed by atoms with Gasteiger partial charge in [0.05, 0.1) is 6.61 Å². The molecule has 0 atom stereocenters. The summed E-state index contributed by atoms with van der Waals surface area (Å²) >= 11 is 0. The molecule has 0 bridgehead atoms. The first-order chi connectivity index (χ1) is 11.0. The van der Waals surface area contributed by atoms with Crippen molar-refractivity contribution < 1.29 is 9.53 Å². The van der Waals surface area contributed by atoms with Gasteiger partial charge in [-0.25, -0.2) is 4.79 Å². The number of hydrogen-bond acceptors (Lipinski definition) is 2. The molecule has 0 unspecified atom stereocenters. The quantitative estimate of drug-likeness (QED) is 0.199. The molecule has 0 saturated carbocycles. The van der Waals surface area contributed by atoms with Crippen molar-refractivity contribution in [1.82, 2.24) is 0 Å². The van der Waals surface area contributed by atoms with E-state index in [-0.39, 0.29) is 11.4 Å². The molecule has 0 aliphatic heterocycles. The fraction of sp³-hybridized carbons (Fsp3) is 0.842. The number of carbonyl (C=O) groups is 1. The fourth-order valence-electron chi connectivity index (χ4n) is 4.17. The van der Waals surface area contributed by atoms with E-state index in [1.54, 1.807) is 0 Å². The van der Waals surface area contributed by atoms with Crippen LogP contribution in [0.25, 0.3) is 0 Å². The standard InChI is InChI=1S/C19H44O2Si4/c1-17(18(20)21-12-11-13-22)19(14-23(2,3)4,15-24(5,6)7)16-25(8,9)10/h1,11-16H2,2-10,22H3. The van der Waals surface area contributed by atoms with E-state index in [1.165, 1.54) is 16.3 Å². The normalized spacial score (nSPS) is 13.8. The maximum atomic E-state index is 12.9. The van der Waals surface area contributed by atoms with Crippen LogP contribution in [0.1, 0.15) is 6.42 Å². The monoisotopic (exact) mass is 416 g/mol. The average molecular weight is 417 g/mol. The Balaban J connectivity index is 5.86. The average Bonchev–Trinajstić information content (AvgIpc) is 2.31. The lowest BCUT2D eigenvalue weighted by molar-refractivity contribution is -0.140. The fourth-order valence-corrected chi connectivity index (χ4v) is 12.7. The van der Waals surface area contributed by atoms with Crippen LogP contribution in [0.3, 0.4) is 0 Å². The first-order valence-electron chi connectivity index (χ1n) is 9.88. The van der Waals surface area contributed by atoms with Crippen molar-refractivity contribution in [2.45, 2.75) is 89.5 Å². The smallest absolute Gasteiger partial charge is 0.333 e. The molecular weight excluding hydrogens is 373 g/mol. The molecule has 0 N–H and O–H groups in total. The van der Waals surface area contributed by atoms with Gasteiger partial charge in [-0.2, -0.15) is 0 Å². The van der Waals surface area contributed by atoms with E-state index in [9.17, 15) is 4.79 Å². The van der Waals surface area contributed by atoms with Gasteiger partial charge in [-0.3, -0.25) is 0 Å². The number of rotatable bonds is 11. The van der Waals surface area contributed by atoms with Gasteiger partial charge in [0.15, 0.2) is 0 Å². The number of hydrogen-bond donors (Lipinski definition) is 0. The van der Waals surface area contributed by atoms with Gasteiger partial charge in [0.25, 0.3) is 0 Å². The zero-order valence-corrected chi connectivity index (χ0v) is 23.8. The minimum Gasteiger partial charge on any atom is -0.462 e. The molecule has 6 heteroatoms. The van der Waals surface area contributed by atoms with Crippen molar-refractivity contribution in [3.8, 4) is 0 Å². The summed E-state index contributed by atoms with van der Waals surface area (Å²) in [6.45, 7) is 26.8. The predicted molar refractivity (Wildman–Crippen MR) is 126 cm³/mol. The Labute approximate surface area is 163 Å². The van der Waals surface area contributed by atoms with Gasteiger partial charge < -0.3 is 4.74 Å². The van der Waals surface area contributed by atoms with Crippen LogP contribution in [0.2, 0.25) is 83.1 Å². The van der Waals surface area contributed by atoms with E-state index in [2.05, 4.69) is 65.5 Å². The predicted octanol–water partition coefficient (Wildman–Crippen LogP) is 5.26. The van der Waals surface area contributed by atoms with Crippen molar-refractivity contribution in [1.29, 1.82) is 0 Å². The molecule has 0 radical (unpaired) electrons. The van der Waals surface area contributed by atoms with Crippen molar-refractivity contribution >= 4 is 40.4 Å². The molecule has 0 aliphatic rings. The van der Waals surface area contributed by atoms with Crippen LogP contribution in [0.15, 0.2) is 12.2 Å². The minimum absolute atomic E-state index is 0.0442. The van der Waals surface area contributed by atoms with Gasteiger partial charge >= 0.3 is 5.97 Å². The molecule has 25 heavy (non-hydrogen) atoms. The second-order valence-electron chi connectivity index (χ2n) is 11.5. The Hall–Kier alpha value is 0.0775. The van der Waals surface area contributed by atoms with E-state index < -0.39 is 24.2 Å². The number of esters is 1. The third-order valence-electron chi connectivity index (χ3n) is 4.22. The largest absolute Gasteiger partial charge is 0.462 e. The van der Waals surface area contributed by atoms with Crippen LogP contribution >= 0.6 is 0 Å². The van der Waals surface area contributed by atoms with Crippen LogP contribution in [0, 0.1) is 5.41 Å². The summed E-state index contributed by atoms with van der Waals surface area (Å²) in [6, 6.07) is 4.65. The molecule has 148 valence electrons. The van der Waals surface area contributed by atoms with E-state index in [0.29, 0.717) is 6.61 Å². The summed E-state index contributed by atoms with van der Waals surface area (Å²) in [5.74, 6) is -0.120. The van der Waals surface area contributed by atoms with Crippen LogP contribution in [-0.2, 0) is 9.53 Å². The number of carbonyl (C=O) groups excluding carboxylic acids is 1. The van der Waals surface area contributed by atoms with Gasteiger partial charge in [0.2, 0.25) is 0 Å². The first-order valence-corrected chi connectivity index (χ1v) is 22.4. The molecule has 2 nitrogen and oxygen atoms in total. The van der Waals surface area contributed by atoms with Gasteiger partial charge in [0.1, 0.15) is 0 Å². The molecule has 0 rings (SSSR count). The lowest BCUT2D eigenvalue weighted by atomic mass is 9.86. The van der Waals surface area contributed by atoms with E-state index in [0.717, 1.165) is 30.1 Å². The summed E-state index contributed by atoms with van der Waals surface area (Å²) in [7, 11) is -2.90. The molecule has 0 fully saturated rings. The third-order valence-corrected chi connectivity index (χ3v) is 10.1. The van der Waals surface area contributed by atoms with Gasteiger partial charge in [-0.15, -0.1) is 0 Å². The highest BCUT2D eigenvalue weighted by Crippen LogP contribution is 2.49. The van der Waals surface area contributed by atoms with Crippen molar-refractivity contribution in [3.63, 3.8) is 0 Å². The molecule has 0 saturated heterocycles. The summed E-state index contributed by atoms with van der Waals surface area (Å²) in [6.07, 6.45) is 0.994. The van der Waals surface area contributed by atoms with Crippen LogP contribution in [0.5, 0.6) is 0 Å². The molecule has 0 aromatic carbocycles. The van der Waals surface area contributed by atoms with E-state index in [1.807, 2.05) is 0 Å². The maximum absolute atomic E-state index is 12.9. The lowest BCUT2D eigenvalue weighted by Crippen LogP contribution is -2.45. The van der Waals surface area contributed by atoms with Crippen molar-refractivity contribution in [2.24, 2.45) is 5.41 Å². The highest BCUT2D eigenvalue weighted by atomic mass is 28.3. The zero-order valence-electron chi connectivity index (χ0n) is 18.8. The SMILES string of the molecule is C=C(C(=O)OCCC[SiH3])C(C[Si](C)(C)C)(C[Si](C)(C)C)C[Si](C)(C)C. The summed E-state index contributed by atoms with van der Waals surface area (Å²) in [4.78, 5) is 12.9. The minimum atomic E-state index is -1.36. The molecule has 0 aliphatic carbocycles. The maximum Gasteiger partial charge on any atom is 0.333 e. The van der Waals surface area contributed by atoms with Crippen LogP contribution < -0.4 is 0 Å². The Morgan fingerprint density at radius 1 is 0.880 bits per heavy atom. The second kappa shape index (κ2) is 9.33. The van der Waals surface area contributed by atoms with Gasteiger partial charge in [-0.1, -0.05) is 71.5 Å². The summed E-state index contributed by atoms with van der Waals surface area (Å²) in [5.41, 5.74) is 0.741. The first kappa shape index (κ1) is 25.1. The topological polar surface area (TPSA) is 26.3 Å². The second-order valence-corrected chi connectivity index (χ2v) is 28.9. The highest BCUT2D eigenvalue weighted by molar-refractivity contribution is 6.80. The highest BCUT2D eigenvalue weighted by Gasteiger charge is 2.46. The Bertz CT molecular complexity index is 413. The third kappa shape index (κ3) is 10.7. The van der Waals surface area contributed by atoms with E-state index in [4.69, 9.17) is 4.74 Å². The van der Waals surface area contributed by atoms with Gasteiger partial charge in [0, 0.05) is 40.0 Å². The summed E-state index contributed by atoms with van der Waals surface area (Å²) < 4.78 is 5.62. The lowest BCUT2D eigenvalue weighted by Gasteiger charge is -2.45.